The molecule has 4 saturated carbocycles. The number of Topliss-reactive ketones (excluding diaryl/α,β-unsaturated/α-hetero) is 1. The maximum atomic E-state index is 13.6. The normalized spacial score (nSPS) is 41.8. The number of nitrogens with zero attached hydrogens (tertiary/aromatic N) is 4. The fourth-order valence-corrected chi connectivity index (χ4v) is 9.31. The summed E-state index contributed by atoms with van der Waals surface area (Å²) in [5.41, 5.74) is 0.198. The third kappa shape index (κ3) is 4.23. The Morgan fingerprint density at radius 1 is 1.06 bits per heavy atom. The summed E-state index contributed by atoms with van der Waals surface area (Å²) in [6, 6.07) is 0. The lowest BCUT2D eigenvalue weighted by Gasteiger charge is -2.61. The quantitative estimate of drug-likeness (QED) is 0.612. The molecule has 1 N–H and O–H groups in total. The van der Waals surface area contributed by atoms with E-state index in [1.165, 1.54) is 30.3 Å². The van der Waals surface area contributed by atoms with Gasteiger partial charge in [-0.15, -0.1) is 5.10 Å². The molecule has 0 spiro atoms. The molecule has 5 rings (SSSR count). The summed E-state index contributed by atoms with van der Waals surface area (Å²) in [7, 11) is 1.77. The second-order valence-electron chi connectivity index (χ2n) is 13.5. The number of ketones is 1. The Morgan fingerprint density at radius 2 is 1.81 bits per heavy atom. The average Bonchev–Trinajstić information content (AvgIpc) is 3.43. The summed E-state index contributed by atoms with van der Waals surface area (Å²) in [5.74, 6) is 2.79. The molecule has 0 unspecified atom stereocenters. The Morgan fingerprint density at radius 3 is 2.56 bits per heavy atom. The van der Waals surface area contributed by atoms with Crippen LogP contribution in [-0.2, 0) is 11.3 Å². The zero-order chi connectivity index (χ0) is 25.9. The van der Waals surface area contributed by atoms with E-state index in [0.717, 1.165) is 50.9 Å². The van der Waals surface area contributed by atoms with Gasteiger partial charge in [-0.3, -0.25) is 9.59 Å². The lowest BCUT2D eigenvalue weighted by Crippen LogP contribution is -2.55. The van der Waals surface area contributed by atoms with Crippen LogP contribution in [-0.4, -0.2) is 55.9 Å². The Balaban J connectivity index is 1.27. The first-order chi connectivity index (χ1) is 17.0. The number of amides is 1. The third-order valence-corrected chi connectivity index (χ3v) is 11.3. The number of hydrogen-bond donors (Lipinski definition) is 1. The van der Waals surface area contributed by atoms with Gasteiger partial charge in [-0.05, 0) is 106 Å². The SMILES string of the molecule is CCCN(C)C(=O)c1cnn(CC(=O)[C@H]2CC[C@H]3[C@@H]4CC[C@@H]5C[C@](C)(O)CC[C@]5(C)[C@H]4CC[C@]23C)n1. The van der Waals surface area contributed by atoms with E-state index in [1.54, 1.807) is 11.9 Å². The average molecular weight is 499 g/mol. The minimum Gasteiger partial charge on any atom is -0.390 e. The maximum absolute atomic E-state index is 13.6. The van der Waals surface area contributed by atoms with Gasteiger partial charge >= 0.3 is 0 Å². The van der Waals surface area contributed by atoms with Gasteiger partial charge in [0.1, 0.15) is 6.54 Å². The van der Waals surface area contributed by atoms with Crippen LogP contribution >= 0.6 is 0 Å². The highest BCUT2D eigenvalue weighted by Gasteiger charge is 2.61. The third-order valence-electron chi connectivity index (χ3n) is 11.3. The molecule has 1 amide bonds. The molecule has 0 bridgehead atoms. The second-order valence-corrected chi connectivity index (χ2v) is 13.5. The van der Waals surface area contributed by atoms with Gasteiger partial charge in [0.2, 0.25) is 0 Å². The maximum Gasteiger partial charge on any atom is 0.275 e. The van der Waals surface area contributed by atoms with Crippen LogP contribution < -0.4 is 0 Å². The van der Waals surface area contributed by atoms with Gasteiger partial charge in [-0.25, -0.2) is 0 Å². The van der Waals surface area contributed by atoms with Gasteiger partial charge in [0.25, 0.3) is 5.91 Å². The fourth-order valence-electron chi connectivity index (χ4n) is 9.31. The highest BCUT2D eigenvalue weighted by molar-refractivity contribution is 5.91. The molecular weight excluding hydrogens is 452 g/mol. The Kier molecular flexibility index (Phi) is 6.62. The van der Waals surface area contributed by atoms with Gasteiger partial charge in [0.15, 0.2) is 11.5 Å². The minimum absolute atomic E-state index is 0.0500. The lowest BCUT2D eigenvalue weighted by molar-refractivity contribution is -0.151. The van der Waals surface area contributed by atoms with E-state index >= 15 is 0 Å². The van der Waals surface area contributed by atoms with Crippen molar-refractivity contribution >= 4 is 11.7 Å². The number of carbonyl (C=O) groups excluding carboxylic acids is 2. The molecule has 1 aromatic rings. The zero-order valence-electron chi connectivity index (χ0n) is 23.0. The van der Waals surface area contributed by atoms with Crippen molar-refractivity contribution in [2.24, 2.45) is 40.4 Å². The van der Waals surface area contributed by atoms with E-state index in [9.17, 15) is 14.7 Å². The molecule has 1 heterocycles. The molecule has 8 atom stereocenters. The summed E-state index contributed by atoms with van der Waals surface area (Å²) in [6.45, 7) is 9.79. The monoisotopic (exact) mass is 498 g/mol. The molecule has 1 aromatic heterocycles. The number of aromatic nitrogens is 3. The van der Waals surface area contributed by atoms with Crippen molar-refractivity contribution in [3.63, 3.8) is 0 Å². The molecule has 4 fully saturated rings. The predicted octanol–water partition coefficient (Wildman–Crippen LogP) is 4.74. The van der Waals surface area contributed by atoms with Gasteiger partial charge in [-0.2, -0.15) is 9.90 Å². The zero-order valence-corrected chi connectivity index (χ0v) is 23.0. The summed E-state index contributed by atoms with van der Waals surface area (Å²) in [5, 5.41) is 19.4. The van der Waals surface area contributed by atoms with Gasteiger partial charge in [-0.1, -0.05) is 20.8 Å². The van der Waals surface area contributed by atoms with Crippen molar-refractivity contribution in [1.29, 1.82) is 0 Å². The van der Waals surface area contributed by atoms with Crippen molar-refractivity contribution in [2.75, 3.05) is 13.6 Å². The van der Waals surface area contributed by atoms with Crippen LogP contribution in [0, 0.1) is 40.4 Å². The van der Waals surface area contributed by atoms with Crippen molar-refractivity contribution < 1.29 is 14.7 Å². The molecule has 0 radical (unpaired) electrons. The van der Waals surface area contributed by atoms with E-state index in [2.05, 4.69) is 24.0 Å². The Labute approximate surface area is 216 Å². The molecule has 0 aromatic carbocycles. The van der Waals surface area contributed by atoms with E-state index in [4.69, 9.17) is 0 Å². The minimum atomic E-state index is -0.499. The highest BCUT2D eigenvalue weighted by Crippen LogP contribution is 2.68. The van der Waals surface area contributed by atoms with Gasteiger partial charge in [0.05, 0.1) is 11.8 Å². The van der Waals surface area contributed by atoms with Crippen LogP contribution in [0.2, 0.25) is 0 Å². The molecule has 0 saturated heterocycles. The molecule has 7 nitrogen and oxygen atoms in total. The number of hydrogen-bond acceptors (Lipinski definition) is 5. The van der Waals surface area contributed by atoms with E-state index in [-0.39, 0.29) is 29.6 Å². The molecule has 4 aliphatic carbocycles. The van der Waals surface area contributed by atoms with Crippen LogP contribution in [0.3, 0.4) is 0 Å². The van der Waals surface area contributed by atoms with Crippen LogP contribution in [0.5, 0.6) is 0 Å². The van der Waals surface area contributed by atoms with E-state index < -0.39 is 5.60 Å². The van der Waals surface area contributed by atoms with Crippen LogP contribution in [0.1, 0.15) is 102 Å². The van der Waals surface area contributed by atoms with E-state index in [0.29, 0.717) is 35.4 Å². The Hall–Kier alpha value is -1.76. The van der Waals surface area contributed by atoms with Crippen LogP contribution in [0.4, 0.5) is 0 Å². The van der Waals surface area contributed by atoms with Crippen molar-refractivity contribution in [1.82, 2.24) is 19.9 Å². The highest BCUT2D eigenvalue weighted by atomic mass is 16.3. The molecule has 7 heteroatoms. The van der Waals surface area contributed by atoms with Gasteiger partial charge in [0, 0.05) is 19.5 Å². The summed E-state index contributed by atoms with van der Waals surface area (Å²) < 4.78 is 0. The summed E-state index contributed by atoms with van der Waals surface area (Å²) in [6.07, 6.45) is 12.3. The van der Waals surface area contributed by atoms with Crippen molar-refractivity contribution in [3.05, 3.63) is 11.9 Å². The molecule has 4 aliphatic rings. The second kappa shape index (κ2) is 9.21. The molecule has 200 valence electrons. The van der Waals surface area contributed by atoms with E-state index in [1.807, 2.05) is 13.8 Å². The molecule has 0 aliphatic heterocycles. The number of fused-ring (bicyclic) bond motifs is 5. The summed E-state index contributed by atoms with van der Waals surface area (Å²) >= 11 is 0. The first-order valence-electron chi connectivity index (χ1n) is 14.4. The topological polar surface area (TPSA) is 88.3 Å². The Bertz CT molecular complexity index is 1000. The molecular formula is C29H46N4O3. The number of carbonyl (C=O) groups is 2. The lowest BCUT2D eigenvalue weighted by atomic mass is 9.44. The van der Waals surface area contributed by atoms with Crippen LogP contribution in [0.15, 0.2) is 6.20 Å². The number of rotatable bonds is 6. The smallest absolute Gasteiger partial charge is 0.275 e. The predicted molar refractivity (Wildman–Crippen MR) is 138 cm³/mol. The first-order valence-corrected chi connectivity index (χ1v) is 14.4. The molecule has 36 heavy (non-hydrogen) atoms. The largest absolute Gasteiger partial charge is 0.390 e. The first kappa shape index (κ1) is 25.9. The fraction of sp³-hybridized carbons (Fsp3) is 0.862. The van der Waals surface area contributed by atoms with Crippen molar-refractivity contribution in [2.45, 2.75) is 104 Å². The number of aliphatic hydroxyl groups is 1. The standard InChI is InChI=1S/C29H46N4O3/c1-6-15-32(5)26(35)24-17-30-33(31-24)18-25(34)23-10-9-21-20-8-7-19-16-27(2,36)13-14-28(19,3)22(20)11-12-29(21,23)4/h17,19-23,36H,6-16,18H2,1-5H3/t19-,20+,21+,22+,23-,27-,28+,29+/m1/s1. The van der Waals surface area contributed by atoms with Gasteiger partial charge < -0.3 is 10.0 Å². The van der Waals surface area contributed by atoms with Crippen LogP contribution in [0.25, 0.3) is 0 Å². The van der Waals surface area contributed by atoms with Crippen molar-refractivity contribution in [3.8, 4) is 0 Å². The summed E-state index contributed by atoms with van der Waals surface area (Å²) in [4.78, 5) is 29.2.